The van der Waals surface area contributed by atoms with Crippen LogP contribution in [0.25, 0.3) is 17.2 Å². The number of hydrogen-bond donors (Lipinski definition) is 1. The third-order valence-electron chi connectivity index (χ3n) is 6.26. The fourth-order valence-electron chi connectivity index (χ4n) is 4.74. The summed E-state index contributed by atoms with van der Waals surface area (Å²) in [5.41, 5.74) is 10.7. The predicted octanol–water partition coefficient (Wildman–Crippen LogP) is 8.26. The number of anilines is 3. The van der Waals surface area contributed by atoms with Crippen LogP contribution in [-0.4, -0.2) is 5.11 Å². The first-order chi connectivity index (χ1) is 15.6. The summed E-state index contributed by atoms with van der Waals surface area (Å²) < 4.78 is 0. The molecule has 0 unspecified atom stereocenters. The molecule has 32 heavy (non-hydrogen) atoms. The fourth-order valence-corrected chi connectivity index (χ4v) is 5.83. The average molecular weight is 434 g/mol. The molecule has 0 bridgehead atoms. The third kappa shape index (κ3) is 3.04. The smallest absolute Gasteiger partial charge is 0.140 e. The number of phenolic OH excluding ortho intramolecular Hbond substituents is 1. The molecule has 0 spiro atoms. The second-order valence-electron chi connectivity index (χ2n) is 8.63. The van der Waals surface area contributed by atoms with Crippen molar-refractivity contribution in [3.05, 3.63) is 101 Å². The molecule has 0 radical (unpaired) electrons. The maximum atomic E-state index is 11.0. The van der Waals surface area contributed by atoms with Crippen LogP contribution in [0.4, 0.5) is 17.1 Å². The Bertz CT molecular complexity index is 1400. The quantitative estimate of drug-likeness (QED) is 0.303. The van der Waals surface area contributed by atoms with E-state index in [1.54, 1.807) is 17.8 Å². The molecule has 4 aromatic rings. The second kappa shape index (κ2) is 7.32. The van der Waals surface area contributed by atoms with Crippen molar-refractivity contribution in [2.75, 3.05) is 4.90 Å². The Morgan fingerprint density at radius 3 is 2.41 bits per heavy atom. The normalized spacial score (nSPS) is 13.9. The van der Waals surface area contributed by atoms with Gasteiger partial charge >= 0.3 is 0 Å². The summed E-state index contributed by atoms with van der Waals surface area (Å²) in [7, 11) is 0. The Kier molecular flexibility index (Phi) is 4.41. The van der Waals surface area contributed by atoms with Crippen LogP contribution in [0.3, 0.4) is 0 Å². The molecule has 156 valence electrons. The lowest BCUT2D eigenvalue weighted by Gasteiger charge is -2.34. The van der Waals surface area contributed by atoms with E-state index in [9.17, 15) is 5.11 Å². The van der Waals surface area contributed by atoms with Crippen molar-refractivity contribution in [2.24, 2.45) is 0 Å². The summed E-state index contributed by atoms with van der Waals surface area (Å²) in [6.45, 7) is 4.31. The summed E-state index contributed by atoms with van der Waals surface area (Å²) in [5, 5.41) is 11.0. The highest BCUT2D eigenvalue weighted by Crippen LogP contribution is 2.56. The van der Waals surface area contributed by atoms with E-state index in [2.05, 4.69) is 91.6 Å². The highest BCUT2D eigenvalue weighted by Gasteiger charge is 2.30. The van der Waals surface area contributed by atoms with Crippen molar-refractivity contribution in [1.82, 2.24) is 0 Å². The Morgan fingerprint density at radius 2 is 1.56 bits per heavy atom. The molecule has 1 heterocycles. The van der Waals surface area contributed by atoms with Gasteiger partial charge in [0.15, 0.2) is 0 Å². The number of hydrogen-bond acceptors (Lipinski definition) is 3. The van der Waals surface area contributed by atoms with Gasteiger partial charge in [0.1, 0.15) is 11.4 Å². The summed E-state index contributed by atoms with van der Waals surface area (Å²) in [5.74, 6) is 0.303. The lowest BCUT2D eigenvalue weighted by Crippen LogP contribution is -2.16. The molecule has 0 aromatic heterocycles. The molecule has 3 heteroatoms. The minimum absolute atomic E-state index is 0.303. The monoisotopic (exact) mass is 433 g/mol. The Hall–Kier alpha value is -3.43. The van der Waals surface area contributed by atoms with Crippen molar-refractivity contribution in [3.63, 3.8) is 0 Å². The Labute approximate surface area is 192 Å². The minimum Gasteiger partial charge on any atom is -0.506 e. The molecule has 0 atom stereocenters. The second-order valence-corrected chi connectivity index (χ2v) is 9.71. The molecule has 1 aliphatic carbocycles. The van der Waals surface area contributed by atoms with Crippen LogP contribution in [0.5, 0.6) is 5.75 Å². The summed E-state index contributed by atoms with van der Waals surface area (Å²) >= 11 is 1.71. The molecule has 1 aliphatic heterocycles. The van der Waals surface area contributed by atoms with E-state index in [4.69, 9.17) is 0 Å². The van der Waals surface area contributed by atoms with Gasteiger partial charge in [0.2, 0.25) is 0 Å². The van der Waals surface area contributed by atoms with Crippen molar-refractivity contribution in [2.45, 2.75) is 30.1 Å². The highest BCUT2D eigenvalue weighted by molar-refractivity contribution is 7.99. The SMILES string of the molecule is CC1=Cc2c(cc(-c3ccc(C)cc3)cc2N2c3ccccc3Sc3cccc(O)c32)C1. The number of rotatable bonds is 2. The third-order valence-corrected chi connectivity index (χ3v) is 7.37. The maximum absolute atomic E-state index is 11.0. The van der Waals surface area contributed by atoms with Gasteiger partial charge in [-0.2, -0.15) is 0 Å². The number of benzene rings is 4. The van der Waals surface area contributed by atoms with E-state index >= 15 is 0 Å². The zero-order valence-electron chi connectivity index (χ0n) is 18.1. The highest BCUT2D eigenvalue weighted by atomic mass is 32.2. The van der Waals surface area contributed by atoms with Gasteiger partial charge in [0.25, 0.3) is 0 Å². The number of allylic oxidation sites excluding steroid dienone is 1. The molecule has 0 saturated carbocycles. The van der Waals surface area contributed by atoms with E-state index in [1.165, 1.54) is 38.3 Å². The number of fused-ring (bicyclic) bond motifs is 3. The van der Waals surface area contributed by atoms with Gasteiger partial charge in [-0.1, -0.05) is 77.5 Å². The van der Waals surface area contributed by atoms with Crippen molar-refractivity contribution < 1.29 is 5.11 Å². The Balaban J connectivity index is 1.65. The Morgan fingerprint density at radius 1 is 0.781 bits per heavy atom. The predicted molar refractivity (Wildman–Crippen MR) is 134 cm³/mol. The summed E-state index contributed by atoms with van der Waals surface area (Å²) in [4.78, 5) is 4.51. The van der Waals surface area contributed by atoms with Gasteiger partial charge in [-0.05, 0) is 67.3 Å². The van der Waals surface area contributed by atoms with Crippen molar-refractivity contribution in [1.29, 1.82) is 0 Å². The van der Waals surface area contributed by atoms with Crippen LogP contribution >= 0.6 is 11.8 Å². The van der Waals surface area contributed by atoms with Crippen molar-refractivity contribution >= 4 is 34.9 Å². The molecule has 6 rings (SSSR count). The zero-order chi connectivity index (χ0) is 21.8. The van der Waals surface area contributed by atoms with Crippen LogP contribution < -0.4 is 4.90 Å². The number of aromatic hydroxyl groups is 1. The van der Waals surface area contributed by atoms with Crippen LogP contribution in [0.1, 0.15) is 23.6 Å². The standard InChI is InChI=1S/C29H23NOS/c1-18-10-12-20(13-11-18)21-16-22-14-19(2)15-23(22)25(17-21)30-24-6-3-4-8-27(24)32-28-9-5-7-26(31)29(28)30/h3-13,15-17,31H,14H2,1-2H3. The van der Waals surface area contributed by atoms with Gasteiger partial charge in [-0.25, -0.2) is 0 Å². The lowest BCUT2D eigenvalue weighted by atomic mass is 9.96. The number of para-hydroxylation sites is 2. The molecule has 0 amide bonds. The first-order valence-electron chi connectivity index (χ1n) is 10.9. The van der Waals surface area contributed by atoms with E-state index in [0.717, 1.165) is 28.4 Å². The summed E-state index contributed by atoms with van der Waals surface area (Å²) in [6, 6.07) is 27.6. The first-order valence-corrected chi connectivity index (χ1v) is 11.7. The van der Waals surface area contributed by atoms with Gasteiger partial charge in [0, 0.05) is 15.4 Å². The molecule has 2 aliphatic rings. The first kappa shape index (κ1) is 19.3. The molecule has 4 aromatic carbocycles. The average Bonchev–Trinajstić information content (AvgIpc) is 3.18. The number of phenols is 1. The van der Waals surface area contributed by atoms with E-state index in [-0.39, 0.29) is 0 Å². The van der Waals surface area contributed by atoms with Gasteiger partial charge < -0.3 is 10.0 Å². The molecular formula is C29H23NOS. The van der Waals surface area contributed by atoms with Crippen LogP contribution in [0.2, 0.25) is 0 Å². The maximum Gasteiger partial charge on any atom is 0.140 e. The van der Waals surface area contributed by atoms with Gasteiger partial charge in [0.05, 0.1) is 11.4 Å². The van der Waals surface area contributed by atoms with E-state index in [0.29, 0.717) is 5.75 Å². The van der Waals surface area contributed by atoms with E-state index < -0.39 is 0 Å². The van der Waals surface area contributed by atoms with Crippen LogP contribution in [-0.2, 0) is 6.42 Å². The fraction of sp³-hybridized carbons (Fsp3) is 0.103. The molecule has 1 N–H and O–H groups in total. The van der Waals surface area contributed by atoms with Gasteiger partial charge in [-0.15, -0.1) is 0 Å². The molecule has 0 saturated heterocycles. The number of aryl methyl sites for hydroxylation is 1. The minimum atomic E-state index is 0.303. The summed E-state index contributed by atoms with van der Waals surface area (Å²) in [6.07, 6.45) is 3.26. The molecule has 0 fully saturated rings. The zero-order valence-corrected chi connectivity index (χ0v) is 18.9. The van der Waals surface area contributed by atoms with Crippen molar-refractivity contribution in [3.8, 4) is 16.9 Å². The molecular weight excluding hydrogens is 410 g/mol. The lowest BCUT2D eigenvalue weighted by molar-refractivity contribution is 0.475. The topological polar surface area (TPSA) is 23.5 Å². The van der Waals surface area contributed by atoms with Crippen LogP contribution in [0, 0.1) is 6.92 Å². The largest absolute Gasteiger partial charge is 0.506 e. The van der Waals surface area contributed by atoms with Gasteiger partial charge in [-0.3, -0.25) is 0 Å². The van der Waals surface area contributed by atoms with Crippen LogP contribution in [0.15, 0.2) is 94.2 Å². The molecule has 2 nitrogen and oxygen atoms in total. The van der Waals surface area contributed by atoms with E-state index in [1.807, 2.05) is 6.07 Å². The number of nitrogens with zero attached hydrogens (tertiary/aromatic N) is 1.